The molecule has 2 N–H and O–H groups in total. The van der Waals surface area contributed by atoms with E-state index in [4.69, 9.17) is 0 Å². The third-order valence-electron chi connectivity index (χ3n) is 5.25. The van der Waals surface area contributed by atoms with Crippen molar-refractivity contribution < 1.29 is 14.0 Å². The van der Waals surface area contributed by atoms with E-state index in [1.807, 2.05) is 6.20 Å². The second-order valence-corrected chi connectivity index (χ2v) is 7.35. The monoisotopic (exact) mass is 379 g/mol. The highest BCUT2D eigenvalue weighted by Gasteiger charge is 2.34. The van der Waals surface area contributed by atoms with Gasteiger partial charge < -0.3 is 15.2 Å². The second kappa shape index (κ2) is 7.46. The van der Waals surface area contributed by atoms with Gasteiger partial charge in [0.05, 0.1) is 5.92 Å². The number of hydrogen-bond donors (Lipinski definition) is 2. The Morgan fingerprint density at radius 1 is 1.29 bits per heavy atom. The average molecular weight is 379 g/mol. The summed E-state index contributed by atoms with van der Waals surface area (Å²) in [4.78, 5) is 29.8. The van der Waals surface area contributed by atoms with Crippen LogP contribution in [0.4, 0.5) is 10.1 Å². The molecule has 1 atom stereocenters. The molecule has 1 aliphatic heterocycles. The Kier molecular flexibility index (Phi) is 4.86. The molecule has 2 aromatic carbocycles. The van der Waals surface area contributed by atoms with Gasteiger partial charge in [0.2, 0.25) is 11.8 Å². The number of likely N-dealkylation sites (tertiary alicyclic amines) is 1. The molecule has 0 radical (unpaired) electrons. The summed E-state index contributed by atoms with van der Waals surface area (Å²) < 4.78 is 13.3. The molecular weight excluding hydrogens is 357 g/mol. The summed E-state index contributed by atoms with van der Waals surface area (Å²) in [5.41, 5.74) is 3.85. The van der Waals surface area contributed by atoms with Crippen molar-refractivity contribution in [1.82, 2.24) is 9.88 Å². The quantitative estimate of drug-likeness (QED) is 0.711. The summed E-state index contributed by atoms with van der Waals surface area (Å²) in [5, 5.41) is 3.88. The molecule has 0 saturated carbocycles. The fourth-order valence-electron chi connectivity index (χ4n) is 3.73. The highest BCUT2D eigenvalue weighted by atomic mass is 19.1. The van der Waals surface area contributed by atoms with Gasteiger partial charge in [0.1, 0.15) is 5.82 Å². The molecule has 28 heavy (non-hydrogen) atoms. The highest BCUT2D eigenvalue weighted by molar-refractivity contribution is 5.97. The Bertz CT molecular complexity index is 1040. The Labute approximate surface area is 162 Å². The zero-order chi connectivity index (χ0) is 19.7. The van der Waals surface area contributed by atoms with Crippen molar-refractivity contribution in [3.8, 4) is 0 Å². The maximum atomic E-state index is 13.3. The topological polar surface area (TPSA) is 65.2 Å². The summed E-state index contributed by atoms with van der Waals surface area (Å²) >= 11 is 0. The van der Waals surface area contributed by atoms with Crippen LogP contribution in [0, 0.1) is 18.7 Å². The zero-order valence-electron chi connectivity index (χ0n) is 15.7. The number of aromatic nitrogens is 1. The first kappa shape index (κ1) is 18.2. The summed E-state index contributed by atoms with van der Waals surface area (Å²) in [6, 6.07) is 12.0. The molecule has 3 aromatic rings. The number of hydrogen-bond acceptors (Lipinski definition) is 2. The van der Waals surface area contributed by atoms with Gasteiger partial charge in [0.25, 0.3) is 0 Å². The van der Waals surface area contributed by atoms with Crippen molar-refractivity contribution in [2.75, 3.05) is 18.4 Å². The first-order valence-corrected chi connectivity index (χ1v) is 9.40. The van der Waals surface area contributed by atoms with Crippen LogP contribution in [0.25, 0.3) is 10.9 Å². The first-order chi connectivity index (χ1) is 13.5. The fraction of sp³-hybridized carbons (Fsp3) is 0.273. The molecule has 6 heteroatoms. The van der Waals surface area contributed by atoms with Crippen LogP contribution in [0.3, 0.4) is 0 Å². The van der Waals surface area contributed by atoms with Crippen LogP contribution in [0.15, 0.2) is 48.7 Å². The minimum absolute atomic E-state index is 0.0181. The Balaban J connectivity index is 1.38. The SMILES string of the molecule is Cc1ccc2[nH]cc(CCN3C[C@@H](C(=O)Nc4cccc(F)c4)CC3=O)c2c1. The van der Waals surface area contributed by atoms with Gasteiger partial charge >= 0.3 is 0 Å². The number of carbonyl (C=O) groups is 2. The lowest BCUT2D eigenvalue weighted by Gasteiger charge is -2.16. The lowest BCUT2D eigenvalue weighted by atomic mass is 10.1. The van der Waals surface area contributed by atoms with Crippen LogP contribution < -0.4 is 5.32 Å². The molecule has 2 amide bonds. The number of halogens is 1. The number of carbonyl (C=O) groups excluding carboxylic acids is 2. The van der Waals surface area contributed by atoms with Crippen molar-refractivity contribution in [2.45, 2.75) is 19.8 Å². The normalized spacial score (nSPS) is 16.7. The van der Waals surface area contributed by atoms with Crippen LogP contribution in [-0.4, -0.2) is 34.8 Å². The van der Waals surface area contributed by atoms with Gasteiger partial charge in [-0.1, -0.05) is 17.7 Å². The molecule has 0 spiro atoms. The van der Waals surface area contributed by atoms with E-state index in [1.165, 1.54) is 28.6 Å². The molecule has 1 fully saturated rings. The molecule has 5 nitrogen and oxygen atoms in total. The van der Waals surface area contributed by atoms with E-state index in [-0.39, 0.29) is 18.2 Å². The summed E-state index contributed by atoms with van der Waals surface area (Å²) in [7, 11) is 0. The molecular formula is C22H22FN3O2. The largest absolute Gasteiger partial charge is 0.361 e. The van der Waals surface area contributed by atoms with Crippen molar-refractivity contribution in [3.05, 3.63) is 65.6 Å². The van der Waals surface area contributed by atoms with Crippen molar-refractivity contribution in [1.29, 1.82) is 0 Å². The smallest absolute Gasteiger partial charge is 0.229 e. The third-order valence-corrected chi connectivity index (χ3v) is 5.25. The van der Waals surface area contributed by atoms with Crippen LogP contribution in [0.5, 0.6) is 0 Å². The van der Waals surface area contributed by atoms with Crippen molar-refractivity contribution in [3.63, 3.8) is 0 Å². The lowest BCUT2D eigenvalue weighted by Crippen LogP contribution is -2.30. The molecule has 0 bridgehead atoms. The molecule has 4 rings (SSSR count). The number of benzene rings is 2. The number of H-pyrrole nitrogens is 1. The first-order valence-electron chi connectivity index (χ1n) is 9.40. The predicted molar refractivity (Wildman–Crippen MR) is 106 cm³/mol. The molecule has 1 saturated heterocycles. The van der Waals surface area contributed by atoms with Gasteiger partial charge in [-0.2, -0.15) is 0 Å². The predicted octanol–water partition coefficient (Wildman–Crippen LogP) is 3.65. The van der Waals surface area contributed by atoms with Gasteiger partial charge in [0, 0.05) is 42.3 Å². The number of amides is 2. The van der Waals surface area contributed by atoms with E-state index in [9.17, 15) is 14.0 Å². The van der Waals surface area contributed by atoms with E-state index in [1.54, 1.807) is 17.0 Å². The number of nitrogens with one attached hydrogen (secondary N) is 2. The van der Waals surface area contributed by atoms with E-state index in [0.29, 0.717) is 18.8 Å². The van der Waals surface area contributed by atoms with E-state index in [0.717, 1.165) is 11.9 Å². The molecule has 0 unspecified atom stereocenters. The van der Waals surface area contributed by atoms with Gasteiger partial charge in [-0.05, 0) is 49.2 Å². The lowest BCUT2D eigenvalue weighted by molar-refractivity contribution is -0.128. The minimum atomic E-state index is -0.416. The number of anilines is 1. The fourth-order valence-corrected chi connectivity index (χ4v) is 3.73. The van der Waals surface area contributed by atoms with Crippen LogP contribution >= 0.6 is 0 Å². The Hall–Kier alpha value is -3.15. The third kappa shape index (κ3) is 3.76. The molecule has 144 valence electrons. The molecule has 2 heterocycles. The van der Waals surface area contributed by atoms with E-state index >= 15 is 0 Å². The second-order valence-electron chi connectivity index (χ2n) is 7.35. The van der Waals surface area contributed by atoms with E-state index < -0.39 is 11.7 Å². The van der Waals surface area contributed by atoms with Crippen LogP contribution in [0.1, 0.15) is 17.5 Å². The molecule has 1 aromatic heterocycles. The summed E-state index contributed by atoms with van der Waals surface area (Å²) in [6.45, 7) is 3.02. The maximum absolute atomic E-state index is 13.3. The van der Waals surface area contributed by atoms with E-state index in [2.05, 4.69) is 35.4 Å². The van der Waals surface area contributed by atoms with Gasteiger partial charge in [0.15, 0.2) is 0 Å². The number of aromatic amines is 1. The van der Waals surface area contributed by atoms with Crippen LogP contribution in [-0.2, 0) is 16.0 Å². The van der Waals surface area contributed by atoms with Gasteiger partial charge in [-0.3, -0.25) is 9.59 Å². The number of nitrogens with zero attached hydrogens (tertiary/aromatic N) is 1. The molecule has 1 aliphatic rings. The van der Waals surface area contributed by atoms with Crippen molar-refractivity contribution >= 4 is 28.4 Å². The highest BCUT2D eigenvalue weighted by Crippen LogP contribution is 2.23. The van der Waals surface area contributed by atoms with Gasteiger partial charge in [-0.15, -0.1) is 0 Å². The number of fused-ring (bicyclic) bond motifs is 1. The Morgan fingerprint density at radius 3 is 2.96 bits per heavy atom. The Morgan fingerprint density at radius 2 is 2.14 bits per heavy atom. The van der Waals surface area contributed by atoms with Gasteiger partial charge in [-0.25, -0.2) is 4.39 Å². The average Bonchev–Trinajstić information content (AvgIpc) is 3.23. The summed E-state index contributed by atoms with van der Waals surface area (Å²) in [6.07, 6.45) is 2.90. The maximum Gasteiger partial charge on any atom is 0.229 e. The van der Waals surface area contributed by atoms with Crippen molar-refractivity contribution in [2.24, 2.45) is 5.92 Å². The summed E-state index contributed by atoms with van der Waals surface area (Å²) in [5.74, 6) is -1.09. The number of rotatable bonds is 5. The minimum Gasteiger partial charge on any atom is -0.361 e. The van der Waals surface area contributed by atoms with Crippen LogP contribution in [0.2, 0.25) is 0 Å². The molecule has 0 aliphatic carbocycles. The number of aryl methyl sites for hydroxylation is 1. The standard InChI is InChI=1S/C22H22FN3O2/c1-14-5-6-20-19(9-14)15(12-24-20)7-8-26-13-16(10-21(26)27)22(28)25-18-4-2-3-17(23)11-18/h2-6,9,11-12,16,24H,7-8,10,13H2,1H3,(H,25,28)/t16-/m0/s1. The zero-order valence-corrected chi connectivity index (χ0v) is 15.7.